The molecule has 0 aliphatic heterocycles. The third-order valence-electron chi connectivity index (χ3n) is 0. The molecule has 0 bridgehead atoms. The average molecular weight is 919 g/mol. The SMILES string of the molecule is [K+].[O]=[Nb](=[O])[O-].[O]=[Nb](=[O])[O-].[O]=[Nb](=[O])[O-].[O]=[Nb](=[O])[O-].[O]=[Nb](=[O])[O-].[Sr+2].[Sr+2]. The van der Waals surface area contributed by atoms with Crippen LogP contribution in [-0.4, -0.2) is 91.0 Å². The van der Waals surface area contributed by atoms with Crippen LogP contribution in [0, 0.1) is 0 Å². The standard InChI is InChI=1S/K.5Nb.15O.2Sr/q+1;;;;;;;;;;;;;;;;5*-1;2*+2. The Morgan fingerprint density at radius 2 is 0.348 bits per heavy atom. The van der Waals surface area contributed by atoms with E-state index in [9.17, 15) is 0 Å². The number of hydrogen-bond donors (Lipinski definition) is 0. The quantitative estimate of drug-likeness (QED) is 0.204. The molecule has 0 aromatic heterocycles. The molecule has 0 N–H and O–H groups in total. The van der Waals surface area contributed by atoms with E-state index >= 15 is 0 Å². The van der Waals surface area contributed by atoms with Gasteiger partial charge in [-0.1, -0.05) is 0 Å². The van der Waals surface area contributed by atoms with Gasteiger partial charge in [0, 0.05) is 0 Å². The largest absolute Gasteiger partial charge is 2.00 e. The number of hydrogen-bond acceptors (Lipinski definition) is 15. The van der Waals surface area contributed by atoms with Crippen molar-refractivity contribution in [1.29, 1.82) is 0 Å². The summed E-state index contributed by atoms with van der Waals surface area (Å²) < 4.78 is 129. The molecule has 0 fully saturated rings. The van der Waals surface area contributed by atoms with Gasteiger partial charge >= 0.3 is 287 Å². The molecule has 0 rings (SSSR count). The topological polar surface area (TPSA) is 286 Å². The maximum atomic E-state index is 8.60. The molecule has 0 atom stereocenters. The molecule has 23 heavy (non-hydrogen) atoms. The van der Waals surface area contributed by atoms with Crippen molar-refractivity contribution in [2.75, 3.05) is 0 Å². The van der Waals surface area contributed by atoms with Crippen molar-refractivity contribution in [2.24, 2.45) is 0 Å². The van der Waals surface area contributed by atoms with Crippen molar-refractivity contribution in [1.82, 2.24) is 0 Å². The van der Waals surface area contributed by atoms with Crippen LogP contribution >= 0.6 is 0 Å². The van der Waals surface area contributed by atoms with Gasteiger partial charge in [-0.2, -0.15) is 0 Å². The second-order valence-corrected chi connectivity index (χ2v) is 6.61. The predicted octanol–water partition coefficient (Wildman–Crippen LogP) is -10.9. The third kappa shape index (κ3) is 515. The molecule has 0 saturated heterocycles. The molecule has 0 heterocycles. The zero-order chi connectivity index (χ0) is 17.9. The van der Waals surface area contributed by atoms with Crippen LogP contribution in [0.1, 0.15) is 0 Å². The smallest absolute Gasteiger partial charge is 2.00 e. The minimum Gasteiger partial charge on any atom is 2.00 e. The first-order valence-electron chi connectivity index (χ1n) is 2.74. The van der Waals surface area contributed by atoms with E-state index in [0.29, 0.717) is 0 Å². The van der Waals surface area contributed by atoms with Gasteiger partial charge in [0.05, 0.1) is 0 Å². The first-order valence-corrected chi connectivity index (χ1v) is 16.2. The average Bonchev–Trinajstić information content (AvgIpc) is 1.94. The molecule has 15 nitrogen and oxygen atoms in total. The Labute approximate surface area is 278 Å². The van der Waals surface area contributed by atoms with E-state index in [2.05, 4.69) is 0 Å². The normalized spacial score (nSPS) is 5.43. The molecule has 0 saturated carbocycles. The second kappa shape index (κ2) is 46.4. The maximum absolute atomic E-state index is 8.60. The Hall–Kier alpha value is 6.10. The minimum absolute atomic E-state index is 0. The van der Waals surface area contributed by atoms with Gasteiger partial charge in [0.1, 0.15) is 0 Å². The van der Waals surface area contributed by atoms with E-state index in [0.717, 1.165) is 0 Å². The summed E-state index contributed by atoms with van der Waals surface area (Å²) in [6.45, 7) is 0. The summed E-state index contributed by atoms with van der Waals surface area (Å²) in [7, 11) is 0. The molecule has 0 amide bonds. The van der Waals surface area contributed by atoms with E-state index in [-0.39, 0.29) is 142 Å². The molecule has 0 aliphatic rings. The second-order valence-electron chi connectivity index (χ2n) is 1.12. The molecule has 0 radical (unpaired) electrons. The van der Waals surface area contributed by atoms with Gasteiger partial charge in [-0.3, -0.25) is 0 Å². The van der Waals surface area contributed by atoms with Crippen LogP contribution in [0.25, 0.3) is 0 Å². The van der Waals surface area contributed by atoms with E-state index < -0.39 is 93.9 Å². The molecule has 0 aliphatic carbocycles. The Bertz CT molecular complexity index is 390. The molecule has 23 heteroatoms. The summed E-state index contributed by atoms with van der Waals surface area (Å²) in [4.78, 5) is 0. The summed E-state index contributed by atoms with van der Waals surface area (Å²) >= 11 is -21.0. The Kier molecular flexibility index (Phi) is 104. The van der Waals surface area contributed by atoms with Crippen molar-refractivity contribution in [3.63, 3.8) is 0 Å². The molecule has 0 aromatic carbocycles. The van der Waals surface area contributed by atoms with Crippen LogP contribution in [-0.2, 0) is 126 Å². The van der Waals surface area contributed by atoms with Crippen molar-refractivity contribution < 1.29 is 196 Å². The summed E-state index contributed by atoms with van der Waals surface area (Å²) in [5, 5.41) is 0. The Morgan fingerprint density at radius 3 is 0.348 bits per heavy atom. The fraction of sp³-hybridized carbons (Fsp3) is 0. The van der Waals surface area contributed by atoms with E-state index in [1.807, 2.05) is 0 Å². The van der Waals surface area contributed by atoms with Gasteiger partial charge in [0.2, 0.25) is 0 Å². The molecule has 120 valence electrons. The van der Waals surface area contributed by atoms with Gasteiger partial charge in [-0.25, -0.2) is 0 Å². The fourth-order valence-corrected chi connectivity index (χ4v) is 0. The number of rotatable bonds is 0. The van der Waals surface area contributed by atoms with Crippen molar-refractivity contribution in [3.8, 4) is 0 Å². The van der Waals surface area contributed by atoms with Crippen LogP contribution in [0.3, 0.4) is 0 Å². The van der Waals surface area contributed by atoms with Crippen LogP contribution in [0.5, 0.6) is 0 Å². The van der Waals surface area contributed by atoms with Gasteiger partial charge in [0.15, 0.2) is 0 Å². The Balaban J connectivity index is -0.0000000197. The van der Waals surface area contributed by atoms with Gasteiger partial charge in [-0.05, 0) is 0 Å². The van der Waals surface area contributed by atoms with Crippen LogP contribution in [0.4, 0.5) is 0 Å². The van der Waals surface area contributed by atoms with Gasteiger partial charge in [0.25, 0.3) is 0 Å². The first-order chi connectivity index (χ1) is 8.66. The zero-order valence-electron chi connectivity index (χ0n) is 10.8. The fourth-order valence-electron chi connectivity index (χ4n) is 0. The Morgan fingerprint density at radius 1 is 0.348 bits per heavy atom. The van der Waals surface area contributed by atoms with Gasteiger partial charge < -0.3 is 0 Å². The molecule has 0 unspecified atom stereocenters. The van der Waals surface area contributed by atoms with Crippen molar-refractivity contribution >= 4 is 91.0 Å². The molecule has 0 aromatic rings. The van der Waals surface area contributed by atoms with Gasteiger partial charge in [-0.15, -0.1) is 0 Å². The van der Waals surface area contributed by atoms with Crippen LogP contribution in [0.2, 0.25) is 0 Å². The van der Waals surface area contributed by atoms with E-state index in [1.54, 1.807) is 0 Å². The van der Waals surface area contributed by atoms with Crippen LogP contribution in [0.15, 0.2) is 0 Å². The molecule has 0 spiro atoms. The molecular formula is KNb5O15Sr2. The summed E-state index contributed by atoms with van der Waals surface area (Å²) in [6.07, 6.45) is 0. The van der Waals surface area contributed by atoms with E-state index in [4.69, 9.17) is 50.6 Å². The van der Waals surface area contributed by atoms with Crippen molar-refractivity contribution in [2.45, 2.75) is 0 Å². The third-order valence-corrected chi connectivity index (χ3v) is 0. The molecular weight excluding hydrogens is 919 g/mol. The predicted molar refractivity (Wildman–Crippen MR) is 18.4 cm³/mol. The minimum atomic E-state index is -4.20. The summed E-state index contributed by atoms with van der Waals surface area (Å²) in [6, 6.07) is 0. The van der Waals surface area contributed by atoms with Crippen molar-refractivity contribution in [3.05, 3.63) is 0 Å². The van der Waals surface area contributed by atoms with Crippen LogP contribution < -0.4 is 69.5 Å². The maximum Gasteiger partial charge on any atom is 2.00 e. The summed E-state index contributed by atoms with van der Waals surface area (Å²) in [5.74, 6) is 0. The zero-order valence-corrected chi connectivity index (χ0v) is 31.8. The van der Waals surface area contributed by atoms with E-state index in [1.165, 1.54) is 0 Å². The summed E-state index contributed by atoms with van der Waals surface area (Å²) in [5.41, 5.74) is 0. The monoisotopic (exact) mass is 919 g/mol. The first kappa shape index (κ1) is 51.6.